The normalized spacial score (nSPS) is 16.3. The molecule has 1 fully saturated rings. The number of halogens is 1. The number of pyridine rings is 1. The molecule has 0 aliphatic carbocycles. The van der Waals surface area contributed by atoms with Gasteiger partial charge in [0, 0.05) is 39.6 Å². The van der Waals surface area contributed by atoms with Crippen LogP contribution in [0.5, 0.6) is 0 Å². The van der Waals surface area contributed by atoms with Gasteiger partial charge in [0.05, 0.1) is 6.04 Å². The van der Waals surface area contributed by atoms with Crippen LogP contribution in [0.15, 0.2) is 42.5 Å². The van der Waals surface area contributed by atoms with Gasteiger partial charge in [-0.1, -0.05) is 30.3 Å². The zero-order valence-electron chi connectivity index (χ0n) is 15.3. The molecule has 1 amide bonds. The Morgan fingerprint density at radius 1 is 1.15 bits per heavy atom. The van der Waals surface area contributed by atoms with Gasteiger partial charge in [-0.25, -0.2) is 4.98 Å². The highest BCUT2D eigenvalue weighted by molar-refractivity contribution is 5.73. The highest BCUT2D eigenvalue weighted by Crippen LogP contribution is 2.17. The van der Waals surface area contributed by atoms with E-state index in [9.17, 15) is 9.18 Å². The predicted octanol–water partition coefficient (Wildman–Crippen LogP) is 2.74. The molecule has 0 radical (unpaired) electrons. The lowest BCUT2D eigenvalue weighted by Crippen LogP contribution is -2.46. The van der Waals surface area contributed by atoms with Crippen molar-refractivity contribution in [2.45, 2.75) is 26.4 Å². The van der Waals surface area contributed by atoms with E-state index >= 15 is 0 Å². The van der Waals surface area contributed by atoms with Gasteiger partial charge in [-0.2, -0.15) is 4.39 Å². The first-order chi connectivity index (χ1) is 12.5. The van der Waals surface area contributed by atoms with Crippen LogP contribution in [0.4, 0.5) is 10.2 Å². The molecule has 0 spiro atoms. The van der Waals surface area contributed by atoms with Crippen molar-refractivity contribution in [3.05, 3.63) is 59.5 Å². The number of benzene rings is 1. The number of nitrogens with zero attached hydrogens (tertiary/aromatic N) is 3. The Bertz CT molecular complexity index is 742. The minimum Gasteiger partial charge on any atom is -0.354 e. The molecule has 1 aromatic carbocycles. The predicted molar refractivity (Wildman–Crippen MR) is 100 cm³/mol. The van der Waals surface area contributed by atoms with Gasteiger partial charge in [0.15, 0.2) is 0 Å². The Kier molecular flexibility index (Phi) is 5.83. The van der Waals surface area contributed by atoms with E-state index in [1.54, 1.807) is 6.07 Å². The fraction of sp³-hybridized carbons (Fsp3) is 0.400. The monoisotopic (exact) mass is 356 g/mol. The number of amides is 1. The molecule has 26 heavy (non-hydrogen) atoms. The summed E-state index contributed by atoms with van der Waals surface area (Å²) in [5.41, 5.74) is 2.35. The van der Waals surface area contributed by atoms with Crippen molar-refractivity contribution in [2.75, 3.05) is 31.1 Å². The molecule has 2 aromatic rings. The van der Waals surface area contributed by atoms with Crippen molar-refractivity contribution < 1.29 is 9.18 Å². The summed E-state index contributed by atoms with van der Waals surface area (Å²) >= 11 is 0. The number of carbonyl (C=O) groups is 1. The Balaban J connectivity index is 1.52. The van der Waals surface area contributed by atoms with E-state index < -0.39 is 5.95 Å². The SMILES string of the molecule is CC(=O)N[C@@H](C)c1ccc(CN2CCN(c3cccc(F)n3)CC2)cc1. The van der Waals surface area contributed by atoms with Gasteiger partial charge >= 0.3 is 0 Å². The van der Waals surface area contributed by atoms with Crippen LogP contribution in [-0.4, -0.2) is 42.0 Å². The molecular weight excluding hydrogens is 331 g/mol. The van der Waals surface area contributed by atoms with Crippen LogP contribution in [0.1, 0.15) is 31.0 Å². The van der Waals surface area contributed by atoms with E-state index in [0.29, 0.717) is 5.82 Å². The Labute approximate surface area is 153 Å². The van der Waals surface area contributed by atoms with Crippen LogP contribution >= 0.6 is 0 Å². The minimum atomic E-state index is -0.432. The number of aromatic nitrogens is 1. The molecule has 3 rings (SSSR count). The highest BCUT2D eigenvalue weighted by Gasteiger charge is 2.18. The molecule has 1 aromatic heterocycles. The van der Waals surface area contributed by atoms with Crippen LogP contribution in [0.3, 0.4) is 0 Å². The molecule has 0 unspecified atom stereocenters. The smallest absolute Gasteiger partial charge is 0.217 e. The summed E-state index contributed by atoms with van der Waals surface area (Å²) in [7, 11) is 0. The van der Waals surface area contributed by atoms with Crippen molar-refractivity contribution in [1.82, 2.24) is 15.2 Å². The standard InChI is InChI=1S/C20H25FN4O/c1-15(22-16(2)26)18-8-6-17(7-9-18)14-24-10-12-25(13-11-24)20-5-3-4-19(21)23-20/h3-9,15H,10-14H2,1-2H3,(H,22,26)/t15-/m0/s1. The summed E-state index contributed by atoms with van der Waals surface area (Å²) in [5, 5.41) is 2.90. The number of rotatable bonds is 5. The van der Waals surface area contributed by atoms with Gasteiger partial charge in [0.25, 0.3) is 0 Å². The van der Waals surface area contributed by atoms with Crippen LogP contribution in [0.25, 0.3) is 0 Å². The van der Waals surface area contributed by atoms with Crippen LogP contribution in [-0.2, 0) is 11.3 Å². The number of piperazine rings is 1. The molecule has 1 aliphatic heterocycles. The lowest BCUT2D eigenvalue weighted by atomic mass is 10.1. The van der Waals surface area contributed by atoms with E-state index in [1.807, 2.05) is 13.0 Å². The molecule has 0 bridgehead atoms. The highest BCUT2D eigenvalue weighted by atomic mass is 19.1. The number of carbonyl (C=O) groups excluding carboxylic acids is 1. The molecular formula is C20H25FN4O. The lowest BCUT2D eigenvalue weighted by Gasteiger charge is -2.35. The van der Waals surface area contributed by atoms with E-state index in [0.717, 1.165) is 38.3 Å². The average molecular weight is 356 g/mol. The Morgan fingerprint density at radius 3 is 2.46 bits per heavy atom. The second-order valence-electron chi connectivity index (χ2n) is 6.75. The summed E-state index contributed by atoms with van der Waals surface area (Å²) in [4.78, 5) is 19.6. The van der Waals surface area contributed by atoms with Crippen molar-refractivity contribution in [3.63, 3.8) is 0 Å². The van der Waals surface area contributed by atoms with Gasteiger partial charge in [0.1, 0.15) is 5.82 Å². The van der Waals surface area contributed by atoms with Gasteiger partial charge in [0.2, 0.25) is 11.9 Å². The van der Waals surface area contributed by atoms with Crippen molar-refractivity contribution in [1.29, 1.82) is 0 Å². The first-order valence-corrected chi connectivity index (χ1v) is 8.97. The third-order valence-electron chi connectivity index (χ3n) is 4.70. The number of hydrogen-bond donors (Lipinski definition) is 1. The number of hydrogen-bond acceptors (Lipinski definition) is 4. The molecule has 5 nitrogen and oxygen atoms in total. The maximum absolute atomic E-state index is 13.3. The first-order valence-electron chi connectivity index (χ1n) is 8.97. The maximum Gasteiger partial charge on any atom is 0.217 e. The maximum atomic E-state index is 13.3. The quantitative estimate of drug-likeness (QED) is 0.837. The van der Waals surface area contributed by atoms with Crippen LogP contribution in [0, 0.1) is 5.95 Å². The zero-order chi connectivity index (χ0) is 18.5. The van der Waals surface area contributed by atoms with Crippen LogP contribution < -0.4 is 10.2 Å². The summed E-state index contributed by atoms with van der Waals surface area (Å²) < 4.78 is 13.3. The van der Waals surface area contributed by atoms with E-state index in [4.69, 9.17) is 0 Å². The Hall–Kier alpha value is -2.47. The summed E-state index contributed by atoms with van der Waals surface area (Å²) in [6.07, 6.45) is 0. The summed E-state index contributed by atoms with van der Waals surface area (Å²) in [5.74, 6) is 0.256. The molecule has 6 heteroatoms. The fourth-order valence-electron chi connectivity index (χ4n) is 3.27. The first kappa shape index (κ1) is 18.3. The molecule has 138 valence electrons. The van der Waals surface area contributed by atoms with E-state index in [-0.39, 0.29) is 11.9 Å². The molecule has 1 atom stereocenters. The van der Waals surface area contributed by atoms with E-state index in [1.165, 1.54) is 18.6 Å². The largest absolute Gasteiger partial charge is 0.354 e. The zero-order valence-corrected chi connectivity index (χ0v) is 15.3. The molecule has 2 heterocycles. The molecule has 1 N–H and O–H groups in total. The second kappa shape index (κ2) is 8.27. The summed E-state index contributed by atoms with van der Waals surface area (Å²) in [6, 6.07) is 13.3. The fourth-order valence-corrected chi connectivity index (χ4v) is 3.27. The van der Waals surface area contributed by atoms with Gasteiger partial charge in [-0.15, -0.1) is 0 Å². The lowest BCUT2D eigenvalue weighted by molar-refractivity contribution is -0.119. The second-order valence-corrected chi connectivity index (χ2v) is 6.75. The Morgan fingerprint density at radius 2 is 1.85 bits per heavy atom. The van der Waals surface area contributed by atoms with Gasteiger partial charge in [-0.05, 0) is 30.2 Å². The third-order valence-corrected chi connectivity index (χ3v) is 4.70. The van der Waals surface area contributed by atoms with Crippen molar-refractivity contribution >= 4 is 11.7 Å². The topological polar surface area (TPSA) is 48.5 Å². The third kappa shape index (κ3) is 4.79. The number of nitrogens with one attached hydrogen (secondary N) is 1. The van der Waals surface area contributed by atoms with Crippen molar-refractivity contribution in [2.24, 2.45) is 0 Å². The van der Waals surface area contributed by atoms with Crippen LogP contribution in [0.2, 0.25) is 0 Å². The molecule has 0 saturated carbocycles. The van der Waals surface area contributed by atoms with E-state index in [2.05, 4.69) is 44.4 Å². The molecule has 1 saturated heterocycles. The minimum absolute atomic E-state index is 0.0175. The average Bonchev–Trinajstić information content (AvgIpc) is 2.62. The molecule has 1 aliphatic rings. The van der Waals surface area contributed by atoms with Crippen molar-refractivity contribution in [3.8, 4) is 0 Å². The van der Waals surface area contributed by atoms with Gasteiger partial charge < -0.3 is 10.2 Å². The van der Waals surface area contributed by atoms with Gasteiger partial charge in [-0.3, -0.25) is 9.69 Å². The number of anilines is 1. The summed E-state index contributed by atoms with van der Waals surface area (Å²) in [6.45, 7) is 7.92.